The molecule has 0 nitrogen and oxygen atoms in total. The normalized spacial score (nSPS) is 12.6. The quantitative estimate of drug-likeness (QED) is 0.562. The van der Waals surface area contributed by atoms with E-state index in [1.165, 1.54) is 0 Å². The Bertz CT molecular complexity index is 81.3. The molecule has 10 heavy (non-hydrogen) atoms. The molecule has 0 unspecified atom stereocenters. The van der Waals surface area contributed by atoms with Gasteiger partial charge in [-0.2, -0.15) is 0 Å². The topological polar surface area (TPSA) is 0 Å². The molecule has 0 radical (unpaired) electrons. The van der Waals surface area contributed by atoms with Gasteiger partial charge in [0.2, 0.25) is 6.05 Å². The van der Waals surface area contributed by atoms with E-state index in [2.05, 4.69) is 0 Å². The summed E-state index contributed by atoms with van der Waals surface area (Å²) in [6.07, 6.45) is 0. The van der Waals surface area contributed by atoms with E-state index < -0.39 is 14.1 Å². The summed E-state index contributed by atoms with van der Waals surface area (Å²) >= 11 is 0. The monoisotopic (exact) mass is 166 g/mol. The molecule has 0 N–H and O–H groups in total. The highest BCUT2D eigenvalue weighted by Crippen LogP contribution is 2.26. The minimum atomic E-state index is -2.13. The predicted octanol–water partition coefficient (Wildman–Crippen LogP) is 3.30. The van der Waals surface area contributed by atoms with Gasteiger partial charge in [0.15, 0.2) is 0 Å². The van der Waals surface area contributed by atoms with Crippen molar-refractivity contribution in [3.63, 3.8) is 0 Å². The van der Waals surface area contributed by atoms with Crippen molar-refractivity contribution in [2.75, 3.05) is 0 Å². The highest BCUT2D eigenvalue weighted by molar-refractivity contribution is 6.80. The Morgan fingerprint density at radius 1 is 1.00 bits per heavy atom. The third-order valence-electron chi connectivity index (χ3n) is 2.58. The van der Waals surface area contributed by atoms with Gasteiger partial charge in [0, 0.05) is 0 Å². The molecular formula is C7H16F2Si. The number of hydrogen-bond donors (Lipinski definition) is 0. The van der Waals surface area contributed by atoms with Crippen LogP contribution in [0.3, 0.4) is 0 Å². The molecule has 0 aromatic carbocycles. The Labute approximate surface area is 62.6 Å². The van der Waals surface area contributed by atoms with Crippen LogP contribution in [-0.2, 0) is 0 Å². The van der Waals surface area contributed by atoms with Crippen molar-refractivity contribution in [2.45, 2.75) is 45.0 Å². The zero-order chi connectivity index (χ0) is 8.20. The summed E-state index contributed by atoms with van der Waals surface area (Å²) in [5.74, 6) is 0. The first-order valence-electron chi connectivity index (χ1n) is 3.91. The fourth-order valence-electron chi connectivity index (χ4n) is 1.21. The van der Waals surface area contributed by atoms with Crippen LogP contribution < -0.4 is 0 Å². The van der Waals surface area contributed by atoms with Gasteiger partial charge in [0.25, 0.3) is 0 Å². The van der Waals surface area contributed by atoms with Crippen LogP contribution in [0, 0.1) is 0 Å². The van der Waals surface area contributed by atoms with Crippen LogP contribution in [0.1, 0.15) is 20.8 Å². The lowest BCUT2D eigenvalue weighted by atomic mass is 10.9. The lowest BCUT2D eigenvalue weighted by Gasteiger charge is -2.25. The van der Waals surface area contributed by atoms with E-state index in [1.54, 1.807) is 0 Å². The van der Waals surface area contributed by atoms with Crippen LogP contribution >= 0.6 is 0 Å². The molecule has 0 spiro atoms. The van der Waals surface area contributed by atoms with Crippen molar-refractivity contribution in [1.82, 2.24) is 0 Å². The summed E-state index contributed by atoms with van der Waals surface area (Å²) in [4.78, 5) is 0. The Balaban J connectivity index is 4.15. The van der Waals surface area contributed by atoms with Gasteiger partial charge in [-0.25, -0.2) is 8.78 Å². The van der Waals surface area contributed by atoms with Crippen LogP contribution in [0.5, 0.6) is 0 Å². The van der Waals surface area contributed by atoms with Crippen molar-refractivity contribution in [3.05, 3.63) is 0 Å². The summed E-state index contributed by atoms with van der Waals surface area (Å²) in [6, 6.07) is 0.139. The maximum atomic E-state index is 12.4. The molecule has 0 aliphatic rings. The number of rotatable bonds is 4. The summed E-state index contributed by atoms with van der Waals surface area (Å²) in [5, 5.41) is 0. The molecule has 0 saturated heterocycles. The number of alkyl halides is 2. The molecule has 0 rings (SSSR count). The van der Waals surface area contributed by atoms with Crippen molar-refractivity contribution in [3.8, 4) is 0 Å². The van der Waals surface area contributed by atoms with Crippen molar-refractivity contribution < 1.29 is 8.78 Å². The van der Waals surface area contributed by atoms with Gasteiger partial charge in [-0.1, -0.05) is 38.9 Å². The zero-order valence-electron chi connectivity index (χ0n) is 6.95. The highest BCUT2D eigenvalue weighted by Gasteiger charge is 2.37. The van der Waals surface area contributed by atoms with Gasteiger partial charge in [0.05, 0.1) is 0 Å². The average molecular weight is 166 g/mol. The molecular weight excluding hydrogens is 150 g/mol. The first kappa shape index (κ1) is 10.1. The minimum Gasteiger partial charge on any atom is -0.216 e. The minimum absolute atomic E-state index is 0.720. The van der Waals surface area contributed by atoms with Gasteiger partial charge in [-0.3, -0.25) is 0 Å². The van der Waals surface area contributed by atoms with Crippen LogP contribution in [0.4, 0.5) is 8.78 Å². The molecule has 0 aliphatic carbocycles. The molecule has 0 atom stereocenters. The van der Waals surface area contributed by atoms with Crippen LogP contribution in [0.25, 0.3) is 0 Å². The summed E-state index contributed by atoms with van der Waals surface area (Å²) in [5.41, 5.74) is 0. The Kier molecular flexibility index (Phi) is 4.09. The second kappa shape index (κ2) is 4.06. The van der Waals surface area contributed by atoms with Gasteiger partial charge in [-0.15, -0.1) is 0 Å². The average Bonchev–Trinajstić information content (AvgIpc) is 1.92. The van der Waals surface area contributed by atoms with Crippen molar-refractivity contribution >= 4 is 8.07 Å². The molecule has 3 heteroatoms. The smallest absolute Gasteiger partial charge is 0.216 e. The molecule has 0 bridgehead atoms. The molecule has 0 heterocycles. The molecule has 0 aliphatic heterocycles. The second-order valence-electron chi connectivity index (χ2n) is 2.72. The van der Waals surface area contributed by atoms with Crippen molar-refractivity contribution in [1.29, 1.82) is 0 Å². The van der Waals surface area contributed by atoms with E-state index in [9.17, 15) is 8.78 Å². The Morgan fingerprint density at radius 2 is 1.30 bits per heavy atom. The summed E-state index contributed by atoms with van der Waals surface area (Å²) < 4.78 is 24.8. The van der Waals surface area contributed by atoms with Gasteiger partial charge >= 0.3 is 0 Å². The van der Waals surface area contributed by atoms with Gasteiger partial charge < -0.3 is 0 Å². The maximum Gasteiger partial charge on any atom is 0.221 e. The number of hydrogen-bond acceptors (Lipinski definition) is 0. The molecule has 62 valence electrons. The standard InChI is InChI=1S/C7H16F2Si/c1-4-10(5-2,6-3)7(8)9/h7H,4-6H2,1-3H3. The first-order valence-corrected chi connectivity index (χ1v) is 6.61. The Morgan fingerprint density at radius 3 is 1.30 bits per heavy atom. The first-order chi connectivity index (χ1) is 4.63. The molecule has 0 aromatic heterocycles. The zero-order valence-corrected chi connectivity index (χ0v) is 7.95. The second-order valence-corrected chi connectivity index (χ2v) is 8.01. The third kappa shape index (κ3) is 1.78. The lowest BCUT2D eigenvalue weighted by Crippen LogP contribution is -2.40. The SMILES string of the molecule is CC[Si](CC)(CC)C(F)F. The van der Waals surface area contributed by atoms with E-state index in [0.29, 0.717) is 0 Å². The number of halogens is 2. The highest BCUT2D eigenvalue weighted by atomic mass is 28.3. The Hall–Kier alpha value is 0.0769. The third-order valence-corrected chi connectivity index (χ3v) is 7.73. The van der Waals surface area contributed by atoms with Crippen LogP contribution in [0.2, 0.25) is 18.1 Å². The van der Waals surface area contributed by atoms with Gasteiger partial charge in [0.1, 0.15) is 8.07 Å². The summed E-state index contributed by atoms with van der Waals surface area (Å²) in [7, 11) is -2.13. The fourth-order valence-corrected chi connectivity index (χ4v) is 3.64. The lowest BCUT2D eigenvalue weighted by molar-refractivity contribution is 0.224. The van der Waals surface area contributed by atoms with E-state index >= 15 is 0 Å². The van der Waals surface area contributed by atoms with Crippen LogP contribution in [-0.4, -0.2) is 14.1 Å². The van der Waals surface area contributed by atoms with E-state index in [1.807, 2.05) is 20.8 Å². The molecule has 0 aromatic rings. The van der Waals surface area contributed by atoms with E-state index in [-0.39, 0.29) is 0 Å². The van der Waals surface area contributed by atoms with E-state index in [4.69, 9.17) is 0 Å². The van der Waals surface area contributed by atoms with E-state index in [0.717, 1.165) is 18.1 Å². The largest absolute Gasteiger partial charge is 0.221 e. The summed E-state index contributed by atoms with van der Waals surface area (Å²) in [6.45, 7) is 5.68. The van der Waals surface area contributed by atoms with Crippen LogP contribution in [0.15, 0.2) is 0 Å². The predicted molar refractivity (Wildman–Crippen MR) is 43.2 cm³/mol. The molecule has 0 saturated carbocycles. The van der Waals surface area contributed by atoms with Gasteiger partial charge in [-0.05, 0) is 0 Å². The van der Waals surface area contributed by atoms with Crippen molar-refractivity contribution in [2.24, 2.45) is 0 Å². The molecule has 0 amide bonds. The molecule has 0 fully saturated rings. The fraction of sp³-hybridized carbons (Fsp3) is 1.00. The maximum absolute atomic E-state index is 12.4.